The molecule has 0 spiro atoms. The second-order valence-corrected chi connectivity index (χ2v) is 7.39. The van der Waals surface area contributed by atoms with Crippen LogP contribution >= 0.6 is 0 Å². The highest BCUT2D eigenvalue weighted by Gasteiger charge is 2.14. The van der Waals surface area contributed by atoms with Gasteiger partial charge in [0.15, 0.2) is 17.2 Å². The summed E-state index contributed by atoms with van der Waals surface area (Å²) in [5.74, 6) is 0.468. The first kappa shape index (κ1) is 23.9. The number of benzene rings is 3. The van der Waals surface area contributed by atoms with Gasteiger partial charge < -0.3 is 35.8 Å². The topological polar surface area (TPSA) is 150 Å². The maximum absolute atomic E-state index is 12.3. The van der Waals surface area contributed by atoms with Gasteiger partial charge in [0, 0.05) is 38.3 Å². The molecule has 0 aliphatic heterocycles. The Kier molecular flexibility index (Phi) is 7.22. The fraction of sp³-hybridized carbons (Fsp3) is 0.125. The van der Waals surface area contributed by atoms with Crippen LogP contribution in [-0.4, -0.2) is 48.9 Å². The molecular formula is C24H25N5O5. The van der Waals surface area contributed by atoms with E-state index in [0.717, 1.165) is 0 Å². The highest BCUT2D eigenvalue weighted by Crippen LogP contribution is 2.37. The van der Waals surface area contributed by atoms with Crippen molar-refractivity contribution in [3.63, 3.8) is 0 Å². The van der Waals surface area contributed by atoms with E-state index in [-0.39, 0.29) is 34.7 Å². The van der Waals surface area contributed by atoms with Gasteiger partial charge in [-0.1, -0.05) is 6.07 Å². The minimum atomic E-state index is -0.457. The maximum Gasteiger partial charge on any atom is 0.319 e. The van der Waals surface area contributed by atoms with E-state index in [1.54, 1.807) is 50.5 Å². The number of ether oxygens (including phenoxy) is 2. The number of carbonyl (C=O) groups excluding carboxylic acids is 2. The molecule has 0 heterocycles. The van der Waals surface area contributed by atoms with Gasteiger partial charge in [0.25, 0.3) is 5.91 Å². The predicted octanol–water partition coefficient (Wildman–Crippen LogP) is 3.71. The average molecular weight is 463 g/mol. The zero-order chi connectivity index (χ0) is 24.8. The van der Waals surface area contributed by atoms with Crippen LogP contribution in [0.2, 0.25) is 0 Å². The van der Waals surface area contributed by atoms with Gasteiger partial charge in [-0.15, -0.1) is 0 Å². The second kappa shape index (κ2) is 10.3. The van der Waals surface area contributed by atoms with Crippen molar-refractivity contribution in [1.82, 2.24) is 10.2 Å². The molecule has 176 valence electrons. The summed E-state index contributed by atoms with van der Waals surface area (Å²) < 4.78 is 11.8. The van der Waals surface area contributed by atoms with Crippen molar-refractivity contribution in [2.75, 3.05) is 26.5 Å². The van der Waals surface area contributed by atoms with Crippen molar-refractivity contribution in [1.29, 1.82) is 5.41 Å². The van der Waals surface area contributed by atoms with Gasteiger partial charge in [0.1, 0.15) is 17.3 Å². The smallest absolute Gasteiger partial charge is 0.319 e. The van der Waals surface area contributed by atoms with Gasteiger partial charge >= 0.3 is 6.03 Å². The summed E-state index contributed by atoms with van der Waals surface area (Å²) in [6, 6.07) is 15.1. The molecule has 34 heavy (non-hydrogen) atoms. The van der Waals surface area contributed by atoms with Crippen LogP contribution in [0, 0.1) is 5.41 Å². The number of carbonyl (C=O) groups is 2. The molecule has 0 fully saturated rings. The zero-order valence-electron chi connectivity index (χ0n) is 18.9. The van der Waals surface area contributed by atoms with Crippen LogP contribution in [0.3, 0.4) is 0 Å². The molecule has 3 aromatic rings. The van der Waals surface area contributed by atoms with Crippen LogP contribution in [0.15, 0.2) is 60.7 Å². The summed E-state index contributed by atoms with van der Waals surface area (Å²) in [6.07, 6.45) is 0. The van der Waals surface area contributed by atoms with E-state index in [1.807, 2.05) is 0 Å². The number of urea groups is 1. The van der Waals surface area contributed by atoms with Crippen molar-refractivity contribution in [2.24, 2.45) is 5.73 Å². The first-order valence-electron chi connectivity index (χ1n) is 10.2. The summed E-state index contributed by atoms with van der Waals surface area (Å²) >= 11 is 0. The van der Waals surface area contributed by atoms with Gasteiger partial charge in [0.2, 0.25) is 0 Å². The number of aromatic hydroxyl groups is 1. The van der Waals surface area contributed by atoms with Crippen LogP contribution in [-0.2, 0) is 0 Å². The standard InChI is InChI=1S/C24H25N5O5/c1-27-24(32)28-18-9-8-17(34-21-12-14(22(25)26)7-10-19(21)30)13-20(18)33-16-6-4-5-15(11-16)23(31)29(2)3/h4-13,30H,1-3H3,(H3,25,26)(H2,27,28,32). The summed E-state index contributed by atoms with van der Waals surface area (Å²) in [5.41, 5.74) is 6.68. The molecule has 10 nitrogen and oxygen atoms in total. The molecule has 6 N–H and O–H groups in total. The number of phenolic OH excluding ortho intramolecular Hbond substituents is 1. The summed E-state index contributed by atoms with van der Waals surface area (Å²) in [4.78, 5) is 25.7. The molecular weight excluding hydrogens is 438 g/mol. The molecule has 0 aromatic heterocycles. The highest BCUT2D eigenvalue weighted by molar-refractivity contribution is 5.96. The Morgan fingerprint density at radius 3 is 2.32 bits per heavy atom. The van der Waals surface area contributed by atoms with E-state index in [4.69, 9.17) is 20.6 Å². The molecule has 0 saturated heterocycles. The van der Waals surface area contributed by atoms with Crippen LogP contribution < -0.4 is 25.8 Å². The third kappa shape index (κ3) is 5.74. The summed E-state index contributed by atoms with van der Waals surface area (Å²) in [7, 11) is 4.78. The quantitative estimate of drug-likeness (QED) is 0.266. The Labute approximate surface area is 196 Å². The first-order chi connectivity index (χ1) is 16.2. The van der Waals surface area contributed by atoms with Gasteiger partial charge in [-0.3, -0.25) is 10.2 Å². The SMILES string of the molecule is CNC(=O)Nc1ccc(Oc2cc(C(=N)N)ccc2O)cc1Oc1cccc(C(=O)N(C)C)c1. The maximum atomic E-state index is 12.3. The summed E-state index contributed by atoms with van der Waals surface area (Å²) in [6.45, 7) is 0. The third-order valence-electron chi connectivity index (χ3n) is 4.64. The van der Waals surface area contributed by atoms with Gasteiger partial charge in [0.05, 0.1) is 5.69 Å². The number of nitrogen functional groups attached to an aromatic ring is 1. The molecule has 3 rings (SSSR count). The molecule has 0 aliphatic carbocycles. The lowest BCUT2D eigenvalue weighted by atomic mass is 10.2. The third-order valence-corrected chi connectivity index (χ3v) is 4.64. The van der Waals surface area contributed by atoms with Crippen LogP contribution in [0.4, 0.5) is 10.5 Å². The van der Waals surface area contributed by atoms with Crippen molar-refractivity contribution < 1.29 is 24.2 Å². The number of nitrogens with two attached hydrogens (primary N) is 1. The number of nitrogens with one attached hydrogen (secondary N) is 3. The van der Waals surface area contributed by atoms with Crippen LogP contribution in [0.5, 0.6) is 28.7 Å². The lowest BCUT2D eigenvalue weighted by molar-refractivity contribution is 0.0827. The number of hydrogen-bond donors (Lipinski definition) is 5. The normalized spacial score (nSPS) is 10.2. The molecule has 0 radical (unpaired) electrons. The van der Waals surface area contributed by atoms with E-state index >= 15 is 0 Å². The van der Waals surface area contributed by atoms with E-state index in [1.165, 1.54) is 36.2 Å². The molecule has 0 aliphatic rings. The number of phenols is 1. The van der Waals surface area contributed by atoms with Crippen LogP contribution in [0.25, 0.3) is 0 Å². The van der Waals surface area contributed by atoms with E-state index < -0.39 is 6.03 Å². The number of hydrogen-bond acceptors (Lipinski definition) is 6. The molecule has 0 atom stereocenters. The Morgan fingerprint density at radius 2 is 1.65 bits per heavy atom. The first-order valence-corrected chi connectivity index (χ1v) is 10.2. The van der Waals surface area contributed by atoms with Gasteiger partial charge in [-0.25, -0.2) is 4.79 Å². The number of anilines is 1. The van der Waals surface area contributed by atoms with Gasteiger partial charge in [-0.2, -0.15) is 0 Å². The van der Waals surface area contributed by atoms with E-state index in [2.05, 4.69) is 10.6 Å². The lowest BCUT2D eigenvalue weighted by Crippen LogP contribution is -2.24. The monoisotopic (exact) mass is 463 g/mol. The molecule has 3 amide bonds. The molecule has 10 heteroatoms. The summed E-state index contributed by atoms with van der Waals surface area (Å²) in [5, 5.41) is 22.9. The fourth-order valence-electron chi connectivity index (χ4n) is 2.91. The Morgan fingerprint density at radius 1 is 0.941 bits per heavy atom. The average Bonchev–Trinajstić information content (AvgIpc) is 2.81. The molecule has 0 saturated carbocycles. The molecule has 0 bridgehead atoms. The predicted molar refractivity (Wildman–Crippen MR) is 128 cm³/mol. The highest BCUT2D eigenvalue weighted by atomic mass is 16.5. The van der Waals surface area contributed by atoms with Crippen LogP contribution in [0.1, 0.15) is 15.9 Å². The van der Waals surface area contributed by atoms with E-state index in [0.29, 0.717) is 22.6 Å². The Hall–Kier alpha value is -4.73. The number of rotatable bonds is 7. The van der Waals surface area contributed by atoms with Crippen molar-refractivity contribution in [2.45, 2.75) is 0 Å². The number of amides is 3. The lowest BCUT2D eigenvalue weighted by Gasteiger charge is -2.16. The minimum Gasteiger partial charge on any atom is -0.504 e. The molecule has 0 unspecified atom stereocenters. The van der Waals surface area contributed by atoms with Gasteiger partial charge in [-0.05, 0) is 48.5 Å². The van der Waals surface area contributed by atoms with E-state index in [9.17, 15) is 14.7 Å². The zero-order valence-corrected chi connectivity index (χ0v) is 18.9. The van der Waals surface area contributed by atoms with Crippen molar-refractivity contribution in [3.8, 4) is 28.7 Å². The Balaban J connectivity index is 1.97. The van der Waals surface area contributed by atoms with Crippen molar-refractivity contribution >= 4 is 23.5 Å². The molecule has 3 aromatic carbocycles. The Bertz CT molecular complexity index is 1240. The van der Waals surface area contributed by atoms with Crippen molar-refractivity contribution in [3.05, 3.63) is 71.8 Å². The number of nitrogens with zero attached hydrogens (tertiary/aromatic N) is 1. The number of amidine groups is 1. The largest absolute Gasteiger partial charge is 0.504 e. The second-order valence-electron chi connectivity index (χ2n) is 7.39. The fourth-order valence-corrected chi connectivity index (χ4v) is 2.91. The minimum absolute atomic E-state index is 0.0873.